The molecule has 6 heteroatoms. The largest absolute Gasteiger partial charge is 0.493 e. The Morgan fingerprint density at radius 1 is 1.24 bits per heavy atom. The lowest BCUT2D eigenvalue weighted by molar-refractivity contribution is 0.324. The van der Waals surface area contributed by atoms with Crippen LogP contribution >= 0.6 is 15.9 Å². The average Bonchev–Trinajstić information content (AvgIpc) is 2.60. The number of benzene rings is 2. The number of halogens is 3. The average molecular weight is 412 g/mol. The van der Waals surface area contributed by atoms with E-state index in [1.807, 2.05) is 19.1 Å². The molecule has 2 rings (SSSR count). The van der Waals surface area contributed by atoms with E-state index in [4.69, 9.17) is 9.47 Å². The van der Waals surface area contributed by atoms with Crippen LogP contribution < -0.4 is 14.8 Å². The van der Waals surface area contributed by atoms with Gasteiger partial charge in [0, 0.05) is 12.6 Å². The van der Waals surface area contributed by atoms with Gasteiger partial charge in [-0.05, 0) is 58.2 Å². The monoisotopic (exact) mass is 411 g/mol. The fourth-order valence-electron chi connectivity index (χ4n) is 2.33. The van der Waals surface area contributed by atoms with E-state index in [9.17, 15) is 8.78 Å². The van der Waals surface area contributed by atoms with Crippen molar-refractivity contribution in [3.05, 3.63) is 70.2 Å². The first-order valence-electron chi connectivity index (χ1n) is 7.74. The number of nitrogens with one attached hydrogen (secondary N) is 1. The molecule has 0 saturated heterocycles. The molecule has 0 aromatic heterocycles. The Kier molecular flexibility index (Phi) is 6.96. The van der Waals surface area contributed by atoms with Crippen LogP contribution in [0.25, 0.3) is 0 Å². The first-order chi connectivity index (χ1) is 12.0. The van der Waals surface area contributed by atoms with Crippen molar-refractivity contribution in [1.82, 2.24) is 5.32 Å². The van der Waals surface area contributed by atoms with E-state index in [0.29, 0.717) is 30.2 Å². The molecule has 3 nitrogen and oxygen atoms in total. The maximum atomic E-state index is 13.4. The lowest BCUT2D eigenvalue weighted by Crippen LogP contribution is -2.18. The zero-order chi connectivity index (χ0) is 18.4. The standard InChI is InChI=1S/C19H20BrF2NO2/c1-4-7-25-19-15(20)8-13(9-18(19)24-3)11-23-12(2)14-5-6-16(21)17(22)10-14/h4-6,8-10,12,23H,1,7,11H2,2-3H3. The van der Waals surface area contributed by atoms with Crippen LogP contribution in [0.1, 0.15) is 24.1 Å². The minimum Gasteiger partial charge on any atom is -0.493 e. The van der Waals surface area contributed by atoms with Crippen LogP contribution in [0.2, 0.25) is 0 Å². The van der Waals surface area contributed by atoms with Crippen molar-refractivity contribution in [2.24, 2.45) is 0 Å². The fraction of sp³-hybridized carbons (Fsp3) is 0.263. The van der Waals surface area contributed by atoms with Gasteiger partial charge in [0.15, 0.2) is 23.1 Å². The van der Waals surface area contributed by atoms with E-state index >= 15 is 0 Å². The normalized spacial score (nSPS) is 11.9. The second kappa shape index (κ2) is 8.97. The summed E-state index contributed by atoms with van der Waals surface area (Å²) in [4.78, 5) is 0. The van der Waals surface area contributed by atoms with Gasteiger partial charge < -0.3 is 14.8 Å². The summed E-state index contributed by atoms with van der Waals surface area (Å²) in [7, 11) is 1.57. The summed E-state index contributed by atoms with van der Waals surface area (Å²) in [6.45, 7) is 6.42. The van der Waals surface area contributed by atoms with Gasteiger partial charge in [0.2, 0.25) is 0 Å². The van der Waals surface area contributed by atoms with Crippen molar-refractivity contribution in [2.75, 3.05) is 13.7 Å². The topological polar surface area (TPSA) is 30.5 Å². The van der Waals surface area contributed by atoms with Crippen LogP contribution in [0.4, 0.5) is 8.78 Å². The van der Waals surface area contributed by atoms with Gasteiger partial charge in [-0.2, -0.15) is 0 Å². The highest BCUT2D eigenvalue weighted by atomic mass is 79.9. The van der Waals surface area contributed by atoms with Crippen molar-refractivity contribution in [2.45, 2.75) is 19.5 Å². The molecule has 1 atom stereocenters. The second-order valence-corrected chi connectivity index (χ2v) is 6.34. The van der Waals surface area contributed by atoms with E-state index in [2.05, 4.69) is 27.8 Å². The summed E-state index contributed by atoms with van der Waals surface area (Å²) >= 11 is 3.48. The SMILES string of the molecule is C=CCOc1c(Br)cc(CNC(C)c2ccc(F)c(F)c2)cc1OC. The first kappa shape index (κ1) is 19.4. The number of rotatable bonds is 8. The Balaban J connectivity index is 2.10. The van der Waals surface area contributed by atoms with Gasteiger partial charge >= 0.3 is 0 Å². The Hall–Kier alpha value is -1.92. The molecule has 2 aromatic carbocycles. The molecule has 0 heterocycles. The third-order valence-electron chi connectivity index (χ3n) is 3.69. The zero-order valence-electron chi connectivity index (χ0n) is 14.1. The van der Waals surface area contributed by atoms with E-state index in [0.717, 1.165) is 16.1 Å². The number of hydrogen-bond acceptors (Lipinski definition) is 3. The Bertz CT molecular complexity index is 752. The molecule has 0 aliphatic carbocycles. The number of hydrogen-bond donors (Lipinski definition) is 1. The van der Waals surface area contributed by atoms with Crippen LogP contribution in [0, 0.1) is 11.6 Å². The van der Waals surface area contributed by atoms with Crippen LogP contribution in [0.3, 0.4) is 0 Å². The third kappa shape index (κ3) is 5.03. The second-order valence-electron chi connectivity index (χ2n) is 5.48. The highest BCUT2D eigenvalue weighted by molar-refractivity contribution is 9.10. The predicted octanol–water partition coefficient (Wildman–Crippen LogP) is 5.15. The van der Waals surface area contributed by atoms with E-state index < -0.39 is 11.6 Å². The molecule has 25 heavy (non-hydrogen) atoms. The Labute approximate surface area is 154 Å². The van der Waals surface area contributed by atoms with Crippen molar-refractivity contribution in [3.63, 3.8) is 0 Å². The minimum atomic E-state index is -0.848. The molecule has 0 radical (unpaired) electrons. The van der Waals surface area contributed by atoms with Crippen LogP contribution in [-0.4, -0.2) is 13.7 Å². The number of ether oxygens (including phenoxy) is 2. The summed E-state index contributed by atoms with van der Waals surface area (Å²) in [6.07, 6.45) is 1.66. The summed E-state index contributed by atoms with van der Waals surface area (Å²) in [5.74, 6) is -0.479. The smallest absolute Gasteiger partial charge is 0.175 e. The quantitative estimate of drug-likeness (QED) is 0.609. The molecule has 2 aromatic rings. The van der Waals surface area contributed by atoms with Gasteiger partial charge in [0.05, 0.1) is 11.6 Å². The fourth-order valence-corrected chi connectivity index (χ4v) is 2.93. The minimum absolute atomic E-state index is 0.142. The van der Waals surface area contributed by atoms with Crippen LogP contribution in [0.5, 0.6) is 11.5 Å². The summed E-state index contributed by atoms with van der Waals surface area (Å²) in [6, 6.07) is 7.56. The van der Waals surface area contributed by atoms with Crippen LogP contribution in [-0.2, 0) is 6.54 Å². The maximum Gasteiger partial charge on any atom is 0.175 e. The Morgan fingerprint density at radius 2 is 2.00 bits per heavy atom. The molecule has 0 aliphatic heterocycles. The van der Waals surface area contributed by atoms with Gasteiger partial charge in [-0.1, -0.05) is 18.7 Å². The van der Waals surface area contributed by atoms with Gasteiger partial charge in [-0.3, -0.25) is 0 Å². The van der Waals surface area contributed by atoms with E-state index in [1.165, 1.54) is 6.07 Å². The zero-order valence-corrected chi connectivity index (χ0v) is 15.7. The van der Waals surface area contributed by atoms with Gasteiger partial charge in [0.1, 0.15) is 6.61 Å². The lowest BCUT2D eigenvalue weighted by Gasteiger charge is -2.17. The molecule has 0 saturated carbocycles. The van der Waals surface area contributed by atoms with Gasteiger partial charge in [-0.25, -0.2) is 8.78 Å². The Morgan fingerprint density at radius 3 is 2.64 bits per heavy atom. The van der Waals surface area contributed by atoms with Crippen LogP contribution in [0.15, 0.2) is 47.5 Å². The molecular formula is C19H20BrF2NO2. The number of methoxy groups -OCH3 is 1. The molecule has 0 amide bonds. The summed E-state index contributed by atoms with van der Waals surface area (Å²) in [5, 5.41) is 3.28. The maximum absolute atomic E-state index is 13.4. The molecule has 0 aliphatic rings. The lowest BCUT2D eigenvalue weighted by atomic mass is 10.1. The van der Waals surface area contributed by atoms with E-state index in [-0.39, 0.29) is 6.04 Å². The molecule has 0 spiro atoms. The van der Waals surface area contributed by atoms with Crippen molar-refractivity contribution >= 4 is 15.9 Å². The third-order valence-corrected chi connectivity index (χ3v) is 4.28. The molecule has 134 valence electrons. The molecular weight excluding hydrogens is 392 g/mol. The molecule has 0 bridgehead atoms. The van der Waals surface area contributed by atoms with Crippen molar-refractivity contribution < 1.29 is 18.3 Å². The molecule has 1 unspecified atom stereocenters. The molecule has 0 fully saturated rings. The summed E-state index contributed by atoms with van der Waals surface area (Å²) in [5.41, 5.74) is 1.64. The van der Waals surface area contributed by atoms with Gasteiger partial charge in [-0.15, -0.1) is 0 Å². The highest BCUT2D eigenvalue weighted by Crippen LogP contribution is 2.36. The highest BCUT2D eigenvalue weighted by Gasteiger charge is 2.13. The predicted molar refractivity (Wildman–Crippen MR) is 98.0 cm³/mol. The van der Waals surface area contributed by atoms with Crippen molar-refractivity contribution in [3.8, 4) is 11.5 Å². The van der Waals surface area contributed by atoms with Gasteiger partial charge in [0.25, 0.3) is 0 Å². The summed E-state index contributed by atoms with van der Waals surface area (Å²) < 4.78 is 38.1. The molecule has 1 N–H and O–H groups in total. The first-order valence-corrected chi connectivity index (χ1v) is 8.54. The van der Waals surface area contributed by atoms with Crippen molar-refractivity contribution in [1.29, 1.82) is 0 Å². The van der Waals surface area contributed by atoms with E-state index in [1.54, 1.807) is 19.3 Å².